The zero-order valence-corrected chi connectivity index (χ0v) is 7.86. The Kier molecular flexibility index (Phi) is 3.31. The molecule has 2 nitrogen and oxygen atoms in total. The van der Waals surface area contributed by atoms with E-state index in [1.807, 2.05) is 0 Å². The van der Waals surface area contributed by atoms with Gasteiger partial charge < -0.3 is 10.5 Å². The van der Waals surface area contributed by atoms with E-state index in [0.29, 0.717) is 17.3 Å². The number of nitrogen functional groups attached to an aromatic ring is 1. The molecule has 0 aliphatic heterocycles. The molecule has 0 heterocycles. The van der Waals surface area contributed by atoms with Crippen LogP contribution in [0.5, 0.6) is 0 Å². The summed E-state index contributed by atoms with van der Waals surface area (Å²) in [5, 5.41) is 0.646. The molecule has 64 valence electrons. The Morgan fingerprint density at radius 1 is 1.58 bits per heavy atom. The average Bonchev–Trinajstić information content (AvgIpc) is 2.07. The van der Waals surface area contributed by atoms with E-state index in [2.05, 4.69) is 12.2 Å². The fourth-order valence-corrected chi connectivity index (χ4v) is 1.09. The highest BCUT2D eigenvalue weighted by Gasteiger charge is 1.99. The highest BCUT2D eigenvalue weighted by molar-refractivity contribution is 7.78. The second-order valence-electron chi connectivity index (χ2n) is 2.25. The summed E-state index contributed by atoms with van der Waals surface area (Å²) in [4.78, 5) is 0. The Balaban J connectivity index is 2.82. The van der Waals surface area contributed by atoms with E-state index < -0.39 is 0 Å². The van der Waals surface area contributed by atoms with Crippen molar-refractivity contribution in [3.8, 4) is 0 Å². The van der Waals surface area contributed by atoms with E-state index in [4.69, 9.17) is 22.1 Å². The molecule has 0 amide bonds. The first-order valence-electron chi connectivity index (χ1n) is 3.33. The van der Waals surface area contributed by atoms with Crippen LogP contribution in [-0.4, -0.2) is 5.55 Å². The van der Waals surface area contributed by atoms with Crippen molar-refractivity contribution in [2.75, 3.05) is 5.73 Å². The lowest BCUT2D eigenvalue weighted by Gasteiger charge is -2.04. The fourth-order valence-electron chi connectivity index (χ4n) is 0.823. The first-order chi connectivity index (χ1) is 5.74. The van der Waals surface area contributed by atoms with Crippen LogP contribution in [0.25, 0.3) is 0 Å². The molecule has 0 spiro atoms. The van der Waals surface area contributed by atoms with Crippen molar-refractivity contribution < 1.29 is 4.74 Å². The second-order valence-corrected chi connectivity index (χ2v) is 2.88. The van der Waals surface area contributed by atoms with Crippen LogP contribution < -0.4 is 5.73 Å². The van der Waals surface area contributed by atoms with Crippen molar-refractivity contribution in [2.24, 2.45) is 0 Å². The number of nitrogens with two attached hydrogens (primary N) is 1. The van der Waals surface area contributed by atoms with Crippen molar-refractivity contribution in [3.63, 3.8) is 0 Å². The molecule has 0 aliphatic rings. The summed E-state index contributed by atoms with van der Waals surface area (Å²) in [6.07, 6.45) is 0. The van der Waals surface area contributed by atoms with Crippen LogP contribution >= 0.6 is 23.8 Å². The van der Waals surface area contributed by atoms with Crippen molar-refractivity contribution in [3.05, 3.63) is 28.8 Å². The summed E-state index contributed by atoms with van der Waals surface area (Å²) in [6.45, 7) is 0.371. The molecule has 4 heteroatoms. The van der Waals surface area contributed by atoms with Crippen molar-refractivity contribution >= 4 is 35.1 Å². The van der Waals surface area contributed by atoms with E-state index >= 15 is 0 Å². The van der Waals surface area contributed by atoms with E-state index in [1.54, 1.807) is 18.2 Å². The lowest BCUT2D eigenvalue weighted by molar-refractivity contribution is 0.316. The first-order valence-corrected chi connectivity index (χ1v) is 4.18. The minimum Gasteiger partial charge on any atom is -0.485 e. The third kappa shape index (κ3) is 2.36. The Bertz CT molecular complexity index is 290. The SMILES string of the molecule is Nc1ccc(Cl)cc1COC=S. The number of anilines is 1. The Morgan fingerprint density at radius 2 is 2.33 bits per heavy atom. The number of benzene rings is 1. The number of ether oxygens (including phenoxy) is 1. The maximum absolute atomic E-state index is 5.75. The minimum atomic E-state index is 0.371. The zero-order valence-electron chi connectivity index (χ0n) is 6.29. The van der Waals surface area contributed by atoms with Gasteiger partial charge in [-0.1, -0.05) is 11.6 Å². The van der Waals surface area contributed by atoms with Crippen molar-refractivity contribution in [2.45, 2.75) is 6.61 Å². The topological polar surface area (TPSA) is 35.2 Å². The van der Waals surface area contributed by atoms with Crippen LogP contribution in [0, 0.1) is 0 Å². The van der Waals surface area contributed by atoms with Crippen LogP contribution in [0.3, 0.4) is 0 Å². The largest absolute Gasteiger partial charge is 0.485 e. The van der Waals surface area contributed by atoms with Gasteiger partial charge in [0.05, 0.1) is 0 Å². The highest BCUT2D eigenvalue weighted by Crippen LogP contribution is 2.18. The molecule has 0 saturated carbocycles. The summed E-state index contributed by atoms with van der Waals surface area (Å²) in [7, 11) is 0. The maximum atomic E-state index is 5.75. The molecule has 1 aromatic carbocycles. The van der Waals surface area contributed by atoms with E-state index in [0.717, 1.165) is 5.56 Å². The maximum Gasteiger partial charge on any atom is 0.146 e. The summed E-state index contributed by atoms with van der Waals surface area (Å²) in [5.41, 5.74) is 8.37. The van der Waals surface area contributed by atoms with Gasteiger partial charge in [0.25, 0.3) is 0 Å². The van der Waals surface area contributed by atoms with Gasteiger partial charge in [0.1, 0.15) is 12.2 Å². The molecule has 12 heavy (non-hydrogen) atoms. The van der Waals surface area contributed by atoms with Gasteiger partial charge in [-0.15, -0.1) is 0 Å². The summed E-state index contributed by atoms with van der Waals surface area (Å²) >= 11 is 10.3. The minimum absolute atomic E-state index is 0.371. The van der Waals surface area contributed by atoms with Gasteiger partial charge >= 0.3 is 0 Å². The molecule has 0 unspecified atom stereocenters. The predicted molar refractivity (Wildman–Crippen MR) is 54.3 cm³/mol. The van der Waals surface area contributed by atoms with Gasteiger partial charge in [-0.25, -0.2) is 0 Å². The van der Waals surface area contributed by atoms with Crippen LogP contribution in [0.15, 0.2) is 18.2 Å². The van der Waals surface area contributed by atoms with Crippen LogP contribution in [0.2, 0.25) is 5.02 Å². The fraction of sp³-hybridized carbons (Fsp3) is 0.125. The quantitative estimate of drug-likeness (QED) is 0.603. The molecule has 0 aliphatic carbocycles. The number of halogens is 1. The molecule has 0 fully saturated rings. The third-order valence-corrected chi connectivity index (χ3v) is 1.78. The van der Waals surface area contributed by atoms with Crippen molar-refractivity contribution in [1.82, 2.24) is 0 Å². The van der Waals surface area contributed by atoms with Gasteiger partial charge in [0.2, 0.25) is 0 Å². The number of hydrogen-bond donors (Lipinski definition) is 1. The summed E-state index contributed by atoms with van der Waals surface area (Å²) in [6, 6.07) is 5.23. The Labute approximate surface area is 81.3 Å². The molecule has 0 bridgehead atoms. The molecule has 1 rings (SSSR count). The monoisotopic (exact) mass is 201 g/mol. The summed E-state index contributed by atoms with van der Waals surface area (Å²) < 4.78 is 4.91. The standard InChI is InChI=1S/C8H8ClNOS/c9-7-1-2-8(10)6(3-7)4-11-5-12/h1-3,5H,4,10H2. The van der Waals surface area contributed by atoms with E-state index in [9.17, 15) is 0 Å². The zero-order chi connectivity index (χ0) is 8.97. The van der Waals surface area contributed by atoms with E-state index in [1.165, 1.54) is 5.55 Å². The number of hydrogen-bond acceptors (Lipinski definition) is 3. The lowest BCUT2D eigenvalue weighted by Crippen LogP contribution is -1.96. The van der Waals surface area contributed by atoms with Crippen LogP contribution in [0.4, 0.5) is 5.69 Å². The van der Waals surface area contributed by atoms with Gasteiger partial charge in [0.15, 0.2) is 0 Å². The van der Waals surface area contributed by atoms with Crippen LogP contribution in [0.1, 0.15) is 5.56 Å². The molecule has 1 aromatic rings. The molecule has 0 radical (unpaired) electrons. The van der Waals surface area contributed by atoms with Crippen molar-refractivity contribution in [1.29, 1.82) is 0 Å². The molecular formula is C8H8ClNOS. The number of thiocarbonyl (C=S) groups is 1. The molecule has 0 saturated heterocycles. The molecule has 2 N–H and O–H groups in total. The predicted octanol–water partition coefficient (Wildman–Crippen LogP) is 2.40. The number of rotatable bonds is 3. The smallest absolute Gasteiger partial charge is 0.146 e. The molecule has 0 aromatic heterocycles. The third-order valence-electron chi connectivity index (χ3n) is 1.41. The Hall–Kier alpha value is -0.800. The highest BCUT2D eigenvalue weighted by atomic mass is 35.5. The second kappa shape index (κ2) is 4.28. The van der Waals surface area contributed by atoms with E-state index in [-0.39, 0.29) is 0 Å². The molecule has 0 atom stereocenters. The van der Waals surface area contributed by atoms with Gasteiger partial charge in [-0.3, -0.25) is 0 Å². The summed E-state index contributed by atoms with van der Waals surface area (Å²) in [5.74, 6) is 0. The Morgan fingerprint density at radius 3 is 3.00 bits per heavy atom. The first kappa shape index (κ1) is 9.29. The van der Waals surface area contributed by atoms with Crippen LogP contribution in [-0.2, 0) is 11.3 Å². The average molecular weight is 202 g/mol. The van der Waals surface area contributed by atoms with Gasteiger partial charge in [-0.05, 0) is 30.4 Å². The van der Waals surface area contributed by atoms with Gasteiger partial charge in [-0.2, -0.15) is 0 Å². The van der Waals surface area contributed by atoms with Gasteiger partial charge in [0, 0.05) is 16.3 Å². The normalized spacial score (nSPS) is 9.42. The molecular weight excluding hydrogens is 194 g/mol. The lowest BCUT2D eigenvalue weighted by atomic mass is 10.2.